The summed E-state index contributed by atoms with van der Waals surface area (Å²) in [6, 6.07) is 7.88. The molecule has 1 aromatic carbocycles. The van der Waals surface area contributed by atoms with E-state index >= 15 is 0 Å². The number of nitrogens with one attached hydrogen (secondary N) is 2. The van der Waals surface area contributed by atoms with Crippen LogP contribution in [0.5, 0.6) is 0 Å². The first kappa shape index (κ1) is 12.4. The van der Waals surface area contributed by atoms with Gasteiger partial charge in [0.2, 0.25) is 0 Å². The summed E-state index contributed by atoms with van der Waals surface area (Å²) in [6.07, 6.45) is 0. The van der Waals surface area contributed by atoms with Crippen molar-refractivity contribution < 1.29 is 8.42 Å². The van der Waals surface area contributed by atoms with Gasteiger partial charge in [0.15, 0.2) is 9.84 Å². The van der Waals surface area contributed by atoms with Crippen molar-refractivity contribution in [3.05, 3.63) is 51.3 Å². The zero-order valence-corrected chi connectivity index (χ0v) is 10.1. The molecule has 0 bridgehead atoms. The number of aromatic amines is 2. The predicted octanol–water partition coefficient (Wildman–Crippen LogP) is -0.661. The lowest BCUT2D eigenvalue weighted by Gasteiger charge is -2.03. The number of benzene rings is 1. The number of H-pyrrole nitrogens is 2. The van der Waals surface area contributed by atoms with Crippen LogP contribution in [0.1, 0.15) is 0 Å². The smallest absolute Gasteiger partial charge is 0.247 e. The number of nitrogens with zero attached hydrogens (tertiary/aromatic N) is 1. The lowest BCUT2D eigenvalue weighted by atomic mass is 10.4. The number of rotatable bonds is 4. The van der Waals surface area contributed by atoms with E-state index in [0.29, 0.717) is 0 Å². The Bertz CT molecular complexity index is 712. The normalized spacial score (nSPS) is 11.6. The van der Waals surface area contributed by atoms with Gasteiger partial charge in [0, 0.05) is 6.54 Å². The van der Waals surface area contributed by atoms with Gasteiger partial charge >= 0.3 is 11.4 Å². The van der Waals surface area contributed by atoms with Gasteiger partial charge in [-0.15, -0.1) is 0 Å². The molecule has 7 nitrogen and oxygen atoms in total. The van der Waals surface area contributed by atoms with Crippen LogP contribution >= 0.6 is 0 Å². The molecule has 2 N–H and O–H groups in total. The van der Waals surface area contributed by atoms with Crippen molar-refractivity contribution in [3.63, 3.8) is 0 Å². The summed E-state index contributed by atoms with van der Waals surface area (Å²) in [7, 11) is -3.50. The first-order valence-corrected chi connectivity index (χ1v) is 6.81. The topological polar surface area (TPSA) is 105 Å². The van der Waals surface area contributed by atoms with Crippen LogP contribution in [0.15, 0.2) is 44.8 Å². The molecule has 1 heterocycles. The largest absolute Gasteiger partial charge is 0.344 e. The van der Waals surface area contributed by atoms with E-state index in [1.165, 1.54) is 12.1 Å². The maximum Gasteiger partial charge on any atom is 0.344 e. The van der Waals surface area contributed by atoms with Crippen LogP contribution < -0.4 is 11.4 Å². The van der Waals surface area contributed by atoms with Crippen molar-refractivity contribution in [2.45, 2.75) is 11.4 Å². The maximum atomic E-state index is 11.9. The Labute approximate surface area is 102 Å². The number of sulfone groups is 1. The number of hydrogen-bond donors (Lipinski definition) is 2. The SMILES string of the molecule is O=c1[nH][nH]c(=O)n1CCS(=O)(=O)c1ccccc1. The van der Waals surface area contributed by atoms with Crippen LogP contribution in [0.3, 0.4) is 0 Å². The highest BCUT2D eigenvalue weighted by Crippen LogP contribution is 2.09. The summed E-state index contributed by atoms with van der Waals surface area (Å²) < 4.78 is 24.6. The first-order chi connectivity index (χ1) is 8.50. The molecule has 8 heteroatoms. The molecule has 2 aromatic rings. The van der Waals surface area contributed by atoms with Crippen molar-refractivity contribution >= 4 is 9.84 Å². The van der Waals surface area contributed by atoms with Crippen LogP contribution in [0.25, 0.3) is 0 Å². The van der Waals surface area contributed by atoms with Crippen LogP contribution in [-0.4, -0.2) is 28.9 Å². The third-order valence-electron chi connectivity index (χ3n) is 2.45. The van der Waals surface area contributed by atoms with Gasteiger partial charge < -0.3 is 0 Å². The molecule has 0 spiro atoms. The van der Waals surface area contributed by atoms with E-state index in [1.807, 2.05) is 0 Å². The third-order valence-corrected chi connectivity index (χ3v) is 4.16. The minimum atomic E-state index is -3.50. The van der Waals surface area contributed by atoms with Crippen LogP contribution in [0.4, 0.5) is 0 Å². The van der Waals surface area contributed by atoms with Gasteiger partial charge in [-0.05, 0) is 12.1 Å². The molecule has 0 saturated heterocycles. The maximum absolute atomic E-state index is 11.9. The molecule has 0 amide bonds. The standard InChI is InChI=1S/C10H11N3O4S/c14-9-11-12-10(15)13(9)6-7-18(16,17)8-4-2-1-3-5-8/h1-5H,6-7H2,(H,11,14)(H,12,15). The van der Waals surface area contributed by atoms with Crippen LogP contribution in [-0.2, 0) is 16.4 Å². The Morgan fingerprint density at radius 2 is 1.56 bits per heavy atom. The molecule has 18 heavy (non-hydrogen) atoms. The highest BCUT2D eigenvalue weighted by Gasteiger charge is 2.15. The Balaban J connectivity index is 2.21. The fourth-order valence-corrected chi connectivity index (χ4v) is 2.72. The van der Waals surface area contributed by atoms with E-state index in [-0.39, 0.29) is 17.2 Å². The average molecular weight is 269 g/mol. The second-order valence-corrected chi connectivity index (χ2v) is 5.75. The van der Waals surface area contributed by atoms with Crippen molar-refractivity contribution in [2.75, 3.05) is 5.75 Å². The van der Waals surface area contributed by atoms with Gasteiger partial charge in [-0.2, -0.15) is 0 Å². The van der Waals surface area contributed by atoms with Crippen LogP contribution in [0, 0.1) is 0 Å². The summed E-state index contributed by atoms with van der Waals surface area (Å²) in [6.45, 7) is -0.186. The molecule has 1 aromatic heterocycles. The van der Waals surface area contributed by atoms with Gasteiger partial charge in [-0.3, -0.25) is 0 Å². The van der Waals surface area contributed by atoms with Gasteiger partial charge in [0.1, 0.15) is 0 Å². The quantitative estimate of drug-likeness (QED) is 0.768. The molecule has 2 rings (SSSR count). The zero-order valence-electron chi connectivity index (χ0n) is 9.29. The lowest BCUT2D eigenvalue weighted by Crippen LogP contribution is -2.29. The fraction of sp³-hybridized carbons (Fsp3) is 0.200. The van der Waals surface area contributed by atoms with Gasteiger partial charge in [0.05, 0.1) is 10.6 Å². The van der Waals surface area contributed by atoms with E-state index in [2.05, 4.69) is 10.2 Å². The van der Waals surface area contributed by atoms with Gasteiger partial charge in [0.25, 0.3) is 0 Å². The first-order valence-electron chi connectivity index (χ1n) is 5.16. The molecule has 0 atom stereocenters. The van der Waals surface area contributed by atoms with Crippen molar-refractivity contribution in [1.82, 2.24) is 14.8 Å². The lowest BCUT2D eigenvalue weighted by molar-refractivity contribution is 0.585. The summed E-state index contributed by atoms with van der Waals surface area (Å²) in [4.78, 5) is 22.5. The molecule has 0 aliphatic rings. The molecule has 96 valence electrons. The summed E-state index contributed by atoms with van der Waals surface area (Å²) in [5.41, 5.74) is -1.30. The van der Waals surface area contributed by atoms with Crippen molar-refractivity contribution in [3.8, 4) is 0 Å². The fourth-order valence-electron chi connectivity index (χ4n) is 1.49. The molecular weight excluding hydrogens is 258 g/mol. The predicted molar refractivity (Wildman–Crippen MR) is 64.2 cm³/mol. The Hall–Kier alpha value is -2.09. The Kier molecular flexibility index (Phi) is 3.19. The second-order valence-electron chi connectivity index (χ2n) is 3.64. The Morgan fingerprint density at radius 3 is 2.11 bits per heavy atom. The Morgan fingerprint density at radius 1 is 1.00 bits per heavy atom. The summed E-state index contributed by atoms with van der Waals surface area (Å²) in [5.74, 6) is -0.308. The van der Waals surface area contributed by atoms with E-state index in [1.54, 1.807) is 18.2 Å². The van der Waals surface area contributed by atoms with Crippen molar-refractivity contribution in [2.24, 2.45) is 0 Å². The monoisotopic (exact) mass is 269 g/mol. The van der Waals surface area contributed by atoms with E-state index in [9.17, 15) is 18.0 Å². The molecule has 0 saturated carbocycles. The molecule has 0 radical (unpaired) electrons. The van der Waals surface area contributed by atoms with Gasteiger partial charge in [-0.25, -0.2) is 32.8 Å². The second kappa shape index (κ2) is 4.65. The highest BCUT2D eigenvalue weighted by atomic mass is 32.2. The highest BCUT2D eigenvalue weighted by molar-refractivity contribution is 7.91. The van der Waals surface area contributed by atoms with Crippen LogP contribution in [0.2, 0.25) is 0 Å². The minimum absolute atomic E-state index is 0.171. The van der Waals surface area contributed by atoms with Crippen molar-refractivity contribution in [1.29, 1.82) is 0 Å². The molecule has 0 fully saturated rings. The number of aromatic nitrogens is 3. The van der Waals surface area contributed by atoms with Gasteiger partial charge in [-0.1, -0.05) is 18.2 Å². The third kappa shape index (κ3) is 2.43. The molecular formula is C10H11N3O4S. The van der Waals surface area contributed by atoms with E-state index < -0.39 is 21.2 Å². The molecule has 0 aliphatic heterocycles. The zero-order chi connectivity index (χ0) is 13.2. The number of hydrogen-bond acceptors (Lipinski definition) is 4. The minimum Gasteiger partial charge on any atom is -0.247 e. The van der Waals surface area contributed by atoms with E-state index in [4.69, 9.17) is 0 Å². The van der Waals surface area contributed by atoms with E-state index in [0.717, 1.165) is 4.57 Å². The summed E-state index contributed by atoms with van der Waals surface area (Å²) in [5, 5.41) is 4.18. The molecule has 0 unspecified atom stereocenters. The average Bonchev–Trinajstić information content (AvgIpc) is 2.68. The summed E-state index contributed by atoms with van der Waals surface area (Å²) >= 11 is 0. The molecule has 0 aliphatic carbocycles.